The Balaban J connectivity index is 2.12. The molecule has 0 aliphatic rings. The second kappa shape index (κ2) is 7.23. The van der Waals surface area contributed by atoms with Crippen LogP contribution >= 0.6 is 0 Å². The van der Waals surface area contributed by atoms with E-state index in [1.807, 2.05) is 19.1 Å². The molecule has 0 bridgehead atoms. The van der Waals surface area contributed by atoms with Crippen molar-refractivity contribution in [1.82, 2.24) is 4.98 Å². The zero-order chi connectivity index (χ0) is 10.9. The largest absolute Gasteiger partial charge is 0.492 e. The highest BCUT2D eigenvalue weighted by Gasteiger charge is 1.98. The van der Waals surface area contributed by atoms with Crippen molar-refractivity contribution in [2.75, 3.05) is 13.2 Å². The van der Waals surface area contributed by atoms with Crippen LogP contribution in [0.5, 0.6) is 5.75 Å². The van der Waals surface area contributed by atoms with Crippen molar-refractivity contribution in [2.45, 2.75) is 32.6 Å². The van der Waals surface area contributed by atoms with E-state index in [1.165, 1.54) is 0 Å². The van der Waals surface area contributed by atoms with E-state index in [0.29, 0.717) is 6.61 Å². The fourth-order valence-corrected chi connectivity index (χ4v) is 1.37. The highest BCUT2D eigenvalue weighted by molar-refractivity contribution is 5.25. The molecule has 0 fully saturated rings. The molecule has 0 unspecified atom stereocenters. The van der Waals surface area contributed by atoms with Crippen LogP contribution in [0, 0.1) is 6.92 Å². The maximum atomic E-state index is 8.60. The Morgan fingerprint density at radius 1 is 1.27 bits per heavy atom. The van der Waals surface area contributed by atoms with Gasteiger partial charge >= 0.3 is 0 Å². The lowest BCUT2D eigenvalue weighted by atomic mass is 10.2. The van der Waals surface area contributed by atoms with E-state index in [-0.39, 0.29) is 0 Å². The van der Waals surface area contributed by atoms with Gasteiger partial charge in [0.05, 0.1) is 12.3 Å². The molecule has 1 aromatic rings. The Hall–Kier alpha value is -1.09. The quantitative estimate of drug-likeness (QED) is 0.701. The first-order valence-electron chi connectivity index (χ1n) is 5.50. The number of unbranched alkanes of at least 4 members (excludes halogenated alkanes) is 3. The van der Waals surface area contributed by atoms with Crippen molar-refractivity contribution in [1.29, 1.82) is 0 Å². The molecular formula is C12H19NO2. The SMILES string of the molecule is Cc1ncccc1OCCCCCCO. The van der Waals surface area contributed by atoms with E-state index in [1.54, 1.807) is 6.20 Å². The molecular weight excluding hydrogens is 190 g/mol. The average molecular weight is 209 g/mol. The Bertz CT molecular complexity index is 276. The van der Waals surface area contributed by atoms with Gasteiger partial charge in [-0.2, -0.15) is 0 Å². The molecule has 0 saturated heterocycles. The molecule has 1 aromatic heterocycles. The van der Waals surface area contributed by atoms with Gasteiger partial charge in [0, 0.05) is 12.8 Å². The summed E-state index contributed by atoms with van der Waals surface area (Å²) in [5.41, 5.74) is 0.938. The van der Waals surface area contributed by atoms with Gasteiger partial charge < -0.3 is 9.84 Å². The highest BCUT2D eigenvalue weighted by atomic mass is 16.5. The topological polar surface area (TPSA) is 42.4 Å². The zero-order valence-electron chi connectivity index (χ0n) is 9.28. The number of aliphatic hydroxyl groups is 1. The number of rotatable bonds is 7. The van der Waals surface area contributed by atoms with Crippen LogP contribution in [-0.4, -0.2) is 23.3 Å². The number of aliphatic hydroxyl groups excluding tert-OH is 1. The van der Waals surface area contributed by atoms with Gasteiger partial charge in [-0.1, -0.05) is 6.42 Å². The van der Waals surface area contributed by atoms with E-state index in [9.17, 15) is 0 Å². The normalized spacial score (nSPS) is 10.3. The molecule has 0 atom stereocenters. The predicted molar refractivity (Wildman–Crippen MR) is 60.0 cm³/mol. The Labute approximate surface area is 91.1 Å². The van der Waals surface area contributed by atoms with Crippen molar-refractivity contribution < 1.29 is 9.84 Å². The van der Waals surface area contributed by atoms with Gasteiger partial charge in [0.1, 0.15) is 5.75 Å². The number of aryl methyl sites for hydroxylation is 1. The molecule has 0 spiro atoms. The fraction of sp³-hybridized carbons (Fsp3) is 0.583. The first-order valence-corrected chi connectivity index (χ1v) is 5.50. The van der Waals surface area contributed by atoms with E-state index in [2.05, 4.69) is 4.98 Å². The molecule has 0 aromatic carbocycles. The minimum absolute atomic E-state index is 0.294. The first kappa shape index (κ1) is 12.0. The van der Waals surface area contributed by atoms with Gasteiger partial charge in [-0.15, -0.1) is 0 Å². The van der Waals surface area contributed by atoms with Gasteiger partial charge in [0.2, 0.25) is 0 Å². The second-order valence-electron chi connectivity index (χ2n) is 3.57. The summed E-state index contributed by atoms with van der Waals surface area (Å²) in [4.78, 5) is 4.15. The van der Waals surface area contributed by atoms with Gasteiger partial charge in [0.25, 0.3) is 0 Å². The van der Waals surface area contributed by atoms with Crippen molar-refractivity contribution in [2.24, 2.45) is 0 Å². The van der Waals surface area contributed by atoms with Crippen molar-refractivity contribution in [3.63, 3.8) is 0 Å². The predicted octanol–water partition coefficient (Wildman–Crippen LogP) is 2.32. The maximum Gasteiger partial charge on any atom is 0.140 e. The number of ether oxygens (including phenoxy) is 1. The summed E-state index contributed by atoms with van der Waals surface area (Å²) >= 11 is 0. The lowest BCUT2D eigenvalue weighted by Crippen LogP contribution is -1.99. The maximum absolute atomic E-state index is 8.60. The zero-order valence-corrected chi connectivity index (χ0v) is 9.28. The van der Waals surface area contributed by atoms with E-state index in [0.717, 1.165) is 43.7 Å². The van der Waals surface area contributed by atoms with Gasteiger partial charge in [-0.3, -0.25) is 4.98 Å². The lowest BCUT2D eigenvalue weighted by molar-refractivity contribution is 0.273. The summed E-state index contributed by atoms with van der Waals surface area (Å²) in [6.45, 7) is 2.97. The second-order valence-corrected chi connectivity index (χ2v) is 3.57. The minimum Gasteiger partial charge on any atom is -0.492 e. The van der Waals surface area contributed by atoms with Crippen LogP contribution < -0.4 is 4.74 Å². The summed E-state index contributed by atoms with van der Waals surface area (Å²) in [6.07, 6.45) is 5.88. The fourth-order valence-electron chi connectivity index (χ4n) is 1.37. The van der Waals surface area contributed by atoms with Crippen molar-refractivity contribution >= 4 is 0 Å². The number of aromatic nitrogens is 1. The third kappa shape index (κ3) is 4.79. The Morgan fingerprint density at radius 3 is 2.80 bits per heavy atom. The van der Waals surface area contributed by atoms with Crippen LogP contribution in [0.15, 0.2) is 18.3 Å². The lowest BCUT2D eigenvalue weighted by Gasteiger charge is -2.07. The summed E-state index contributed by atoms with van der Waals surface area (Å²) in [5.74, 6) is 0.875. The third-order valence-electron chi connectivity index (χ3n) is 2.27. The summed E-state index contributed by atoms with van der Waals surface area (Å²) in [5, 5.41) is 8.60. The summed E-state index contributed by atoms with van der Waals surface area (Å²) in [7, 11) is 0. The molecule has 1 heterocycles. The molecule has 0 radical (unpaired) electrons. The monoisotopic (exact) mass is 209 g/mol. The van der Waals surface area contributed by atoms with Crippen LogP contribution in [0.1, 0.15) is 31.4 Å². The molecule has 0 aliphatic carbocycles. The molecule has 0 saturated carbocycles. The van der Waals surface area contributed by atoms with Crippen LogP contribution in [0.2, 0.25) is 0 Å². The number of nitrogens with zero attached hydrogens (tertiary/aromatic N) is 1. The van der Waals surface area contributed by atoms with Crippen molar-refractivity contribution in [3.05, 3.63) is 24.0 Å². The number of pyridine rings is 1. The van der Waals surface area contributed by atoms with E-state index < -0.39 is 0 Å². The van der Waals surface area contributed by atoms with Gasteiger partial charge in [-0.25, -0.2) is 0 Å². The van der Waals surface area contributed by atoms with Crippen LogP contribution in [0.4, 0.5) is 0 Å². The smallest absolute Gasteiger partial charge is 0.140 e. The molecule has 84 valence electrons. The Morgan fingerprint density at radius 2 is 2.07 bits per heavy atom. The third-order valence-corrected chi connectivity index (χ3v) is 2.27. The first-order chi connectivity index (χ1) is 7.34. The average Bonchev–Trinajstić information content (AvgIpc) is 2.25. The minimum atomic E-state index is 0.294. The summed E-state index contributed by atoms with van der Waals surface area (Å²) < 4.78 is 5.59. The molecule has 1 rings (SSSR count). The van der Waals surface area contributed by atoms with Gasteiger partial charge in [-0.05, 0) is 38.3 Å². The van der Waals surface area contributed by atoms with E-state index >= 15 is 0 Å². The molecule has 0 amide bonds. The van der Waals surface area contributed by atoms with Crippen LogP contribution in [0.25, 0.3) is 0 Å². The molecule has 15 heavy (non-hydrogen) atoms. The van der Waals surface area contributed by atoms with Gasteiger partial charge in [0.15, 0.2) is 0 Å². The van der Waals surface area contributed by atoms with Crippen LogP contribution in [-0.2, 0) is 0 Å². The highest BCUT2D eigenvalue weighted by Crippen LogP contribution is 2.14. The van der Waals surface area contributed by atoms with E-state index in [4.69, 9.17) is 9.84 Å². The molecule has 0 aliphatic heterocycles. The van der Waals surface area contributed by atoms with Crippen molar-refractivity contribution in [3.8, 4) is 5.75 Å². The molecule has 3 nitrogen and oxygen atoms in total. The standard InChI is InChI=1S/C12H19NO2/c1-11-12(7-6-8-13-11)15-10-5-3-2-4-9-14/h6-8,14H,2-5,9-10H2,1H3. The molecule has 3 heteroatoms. The summed E-state index contributed by atoms with van der Waals surface area (Å²) in [6, 6.07) is 3.82. The van der Waals surface area contributed by atoms with Crippen LogP contribution in [0.3, 0.4) is 0 Å². The Kier molecular flexibility index (Phi) is 5.78. The number of hydrogen-bond donors (Lipinski definition) is 1. The number of hydrogen-bond acceptors (Lipinski definition) is 3. The molecule has 1 N–H and O–H groups in total.